The molecule has 1 aromatic carbocycles. The summed E-state index contributed by atoms with van der Waals surface area (Å²) < 4.78 is 18.4. The van der Waals surface area contributed by atoms with Gasteiger partial charge < -0.3 is 10.5 Å². The summed E-state index contributed by atoms with van der Waals surface area (Å²) in [7, 11) is 0. The number of esters is 1. The van der Waals surface area contributed by atoms with Crippen molar-refractivity contribution in [2.24, 2.45) is 17.1 Å². The molecule has 0 amide bonds. The lowest BCUT2D eigenvalue weighted by atomic mass is 9.79. The Balaban J connectivity index is 1.89. The number of carbonyl (C=O) groups is 1. The number of carbonyl (C=O) groups excluding carboxylic acids is 1. The molecule has 3 rings (SSSR count). The number of nitrogens with two attached hydrogens (primary N) is 1. The van der Waals surface area contributed by atoms with Gasteiger partial charge in [0.15, 0.2) is 11.6 Å². The largest absolute Gasteiger partial charge is 0.466 e. The maximum atomic E-state index is 13.0. The van der Waals surface area contributed by atoms with E-state index < -0.39 is 11.2 Å². The molecule has 2 aromatic rings. The number of aromatic nitrogens is 2. The van der Waals surface area contributed by atoms with Crippen LogP contribution in [0.3, 0.4) is 0 Å². The highest BCUT2D eigenvalue weighted by atomic mass is 19.1. The number of hydrogen-bond donors (Lipinski definition) is 1. The van der Waals surface area contributed by atoms with Gasteiger partial charge in [-0.2, -0.15) is 0 Å². The fraction of sp³-hybridized carbons (Fsp3) is 0.450. The predicted octanol–water partition coefficient (Wildman–Crippen LogP) is 3.13. The van der Waals surface area contributed by atoms with Gasteiger partial charge in [-0.25, -0.2) is 14.4 Å². The summed E-state index contributed by atoms with van der Waals surface area (Å²) in [6.07, 6.45) is 4.17. The summed E-state index contributed by atoms with van der Waals surface area (Å²) in [5.41, 5.74) is 7.39. The SMILES string of the molecule is CCOC(=O)[C@@]1(Cc2cccc(-c3ncc(F)cn3)c2)C[C@@H](C)[C@H](N)C1. The van der Waals surface area contributed by atoms with Crippen molar-refractivity contribution in [1.82, 2.24) is 9.97 Å². The van der Waals surface area contributed by atoms with Crippen molar-refractivity contribution in [3.63, 3.8) is 0 Å². The minimum absolute atomic E-state index is 0.0111. The smallest absolute Gasteiger partial charge is 0.312 e. The molecule has 1 fully saturated rings. The lowest BCUT2D eigenvalue weighted by Gasteiger charge is -2.27. The lowest BCUT2D eigenvalue weighted by Crippen LogP contribution is -2.34. The highest BCUT2D eigenvalue weighted by Gasteiger charge is 2.48. The van der Waals surface area contributed by atoms with Gasteiger partial charge in [-0.1, -0.05) is 25.1 Å². The molecule has 26 heavy (non-hydrogen) atoms. The number of hydrogen-bond acceptors (Lipinski definition) is 5. The van der Waals surface area contributed by atoms with Crippen molar-refractivity contribution in [2.75, 3.05) is 6.61 Å². The fourth-order valence-electron chi connectivity index (χ4n) is 3.84. The van der Waals surface area contributed by atoms with Crippen LogP contribution in [0.1, 0.15) is 32.3 Å². The molecule has 1 aliphatic rings. The molecular weight excluding hydrogens is 333 g/mol. The molecule has 1 aliphatic carbocycles. The van der Waals surface area contributed by atoms with Crippen LogP contribution in [0.5, 0.6) is 0 Å². The Labute approximate surface area is 152 Å². The van der Waals surface area contributed by atoms with E-state index in [0.717, 1.165) is 23.5 Å². The second kappa shape index (κ2) is 7.50. The summed E-state index contributed by atoms with van der Waals surface area (Å²) in [4.78, 5) is 20.8. The molecule has 0 spiro atoms. The van der Waals surface area contributed by atoms with Crippen LogP contribution < -0.4 is 5.73 Å². The van der Waals surface area contributed by atoms with Crippen LogP contribution in [0.2, 0.25) is 0 Å². The Morgan fingerprint density at radius 1 is 1.35 bits per heavy atom. The summed E-state index contributed by atoms with van der Waals surface area (Å²) in [5.74, 6) is 0.0706. The summed E-state index contributed by atoms with van der Waals surface area (Å²) in [5, 5.41) is 0. The van der Waals surface area contributed by atoms with Crippen molar-refractivity contribution < 1.29 is 13.9 Å². The lowest BCUT2D eigenvalue weighted by molar-refractivity contribution is -0.155. The molecule has 3 atom stereocenters. The summed E-state index contributed by atoms with van der Waals surface area (Å²) in [6, 6.07) is 7.68. The molecule has 5 nitrogen and oxygen atoms in total. The van der Waals surface area contributed by atoms with Crippen molar-refractivity contribution >= 4 is 5.97 Å². The molecule has 0 bridgehead atoms. The average Bonchev–Trinajstić information content (AvgIpc) is 2.91. The first-order chi connectivity index (χ1) is 12.4. The monoisotopic (exact) mass is 357 g/mol. The third-order valence-electron chi connectivity index (χ3n) is 5.13. The Morgan fingerprint density at radius 3 is 2.69 bits per heavy atom. The molecule has 1 heterocycles. The Morgan fingerprint density at radius 2 is 2.08 bits per heavy atom. The topological polar surface area (TPSA) is 78.1 Å². The van der Waals surface area contributed by atoms with Crippen molar-refractivity contribution in [1.29, 1.82) is 0 Å². The quantitative estimate of drug-likeness (QED) is 0.832. The Kier molecular flexibility index (Phi) is 5.32. The van der Waals surface area contributed by atoms with E-state index in [1.807, 2.05) is 31.2 Å². The first kappa shape index (κ1) is 18.5. The van der Waals surface area contributed by atoms with Gasteiger partial charge in [-0.3, -0.25) is 4.79 Å². The second-order valence-corrected chi connectivity index (χ2v) is 7.15. The summed E-state index contributed by atoms with van der Waals surface area (Å²) in [6.45, 7) is 4.25. The van der Waals surface area contributed by atoms with Gasteiger partial charge in [0.25, 0.3) is 0 Å². The molecule has 6 heteroatoms. The minimum Gasteiger partial charge on any atom is -0.466 e. The van der Waals surface area contributed by atoms with E-state index in [1.54, 1.807) is 0 Å². The first-order valence-corrected chi connectivity index (χ1v) is 8.93. The highest BCUT2D eigenvalue weighted by molar-refractivity contribution is 5.78. The molecule has 2 N–H and O–H groups in total. The van der Waals surface area contributed by atoms with E-state index in [1.165, 1.54) is 0 Å². The zero-order valence-corrected chi connectivity index (χ0v) is 15.1. The van der Waals surface area contributed by atoms with Crippen LogP contribution in [-0.2, 0) is 16.0 Å². The molecule has 0 aliphatic heterocycles. The molecular formula is C20H24FN3O2. The van der Waals surface area contributed by atoms with Crippen molar-refractivity contribution in [3.05, 3.63) is 48.0 Å². The molecule has 0 saturated heterocycles. The number of nitrogens with zero attached hydrogens (tertiary/aromatic N) is 2. The van der Waals surface area contributed by atoms with E-state index in [4.69, 9.17) is 10.5 Å². The van der Waals surface area contributed by atoms with E-state index in [0.29, 0.717) is 31.7 Å². The Hall–Kier alpha value is -2.34. The van der Waals surface area contributed by atoms with Gasteiger partial charge in [-0.15, -0.1) is 0 Å². The predicted molar refractivity (Wildman–Crippen MR) is 96.6 cm³/mol. The number of ether oxygens (including phenoxy) is 1. The van der Waals surface area contributed by atoms with Crippen LogP contribution in [0, 0.1) is 17.2 Å². The summed E-state index contributed by atoms with van der Waals surface area (Å²) >= 11 is 0. The maximum Gasteiger partial charge on any atom is 0.312 e. The molecule has 0 unspecified atom stereocenters. The zero-order valence-electron chi connectivity index (χ0n) is 15.1. The fourth-order valence-corrected chi connectivity index (χ4v) is 3.84. The van der Waals surface area contributed by atoms with Crippen LogP contribution in [0.4, 0.5) is 4.39 Å². The van der Waals surface area contributed by atoms with Crippen molar-refractivity contribution in [2.45, 2.75) is 39.2 Å². The molecule has 1 aromatic heterocycles. The minimum atomic E-state index is -0.600. The van der Waals surface area contributed by atoms with E-state index in [9.17, 15) is 9.18 Å². The van der Waals surface area contributed by atoms with E-state index in [2.05, 4.69) is 16.9 Å². The molecule has 138 valence electrons. The van der Waals surface area contributed by atoms with Gasteiger partial charge in [0.2, 0.25) is 0 Å². The second-order valence-electron chi connectivity index (χ2n) is 7.15. The van der Waals surface area contributed by atoms with E-state index >= 15 is 0 Å². The highest BCUT2D eigenvalue weighted by Crippen LogP contribution is 2.44. The van der Waals surface area contributed by atoms with Crippen LogP contribution in [0.15, 0.2) is 36.7 Å². The van der Waals surface area contributed by atoms with Crippen molar-refractivity contribution in [3.8, 4) is 11.4 Å². The molecule has 1 saturated carbocycles. The maximum absolute atomic E-state index is 13.0. The van der Waals surface area contributed by atoms with Crippen LogP contribution in [0.25, 0.3) is 11.4 Å². The van der Waals surface area contributed by atoms with Gasteiger partial charge in [0, 0.05) is 11.6 Å². The van der Waals surface area contributed by atoms with Crippen LogP contribution >= 0.6 is 0 Å². The van der Waals surface area contributed by atoms with Gasteiger partial charge in [-0.05, 0) is 43.7 Å². The zero-order chi connectivity index (χ0) is 18.7. The third-order valence-corrected chi connectivity index (χ3v) is 5.13. The normalized spacial score (nSPS) is 25.2. The number of halogens is 1. The number of rotatable bonds is 5. The van der Waals surface area contributed by atoms with Crippen LogP contribution in [-0.4, -0.2) is 28.6 Å². The average molecular weight is 357 g/mol. The Bertz CT molecular complexity index is 769. The van der Waals surface area contributed by atoms with Gasteiger partial charge >= 0.3 is 5.97 Å². The first-order valence-electron chi connectivity index (χ1n) is 8.93. The van der Waals surface area contributed by atoms with E-state index in [-0.39, 0.29) is 17.9 Å². The van der Waals surface area contributed by atoms with Gasteiger partial charge in [0.1, 0.15) is 0 Å². The third kappa shape index (κ3) is 3.75. The molecule has 0 radical (unpaired) electrons. The van der Waals surface area contributed by atoms with Gasteiger partial charge in [0.05, 0.1) is 24.4 Å². The standard InChI is InChI=1S/C20H24FN3O2/c1-3-26-19(25)20(8-13(2)17(22)10-20)9-14-5-4-6-15(7-14)18-23-11-16(21)12-24-18/h4-7,11-13,17H,3,8-10,22H2,1-2H3/t13-,17-,20-/m1/s1. The number of benzene rings is 1.